The van der Waals surface area contributed by atoms with Crippen molar-refractivity contribution < 1.29 is 0 Å². The molecule has 1 saturated heterocycles. The molecule has 0 saturated carbocycles. The second-order valence-electron chi connectivity index (χ2n) is 3.11. The van der Waals surface area contributed by atoms with Crippen LogP contribution in [0.2, 0.25) is 0 Å². The number of likely N-dealkylation sites (N-methyl/N-ethyl adjacent to an activating group) is 1. The van der Waals surface area contributed by atoms with E-state index in [-0.39, 0.29) is 0 Å². The third-order valence-corrected chi connectivity index (χ3v) is 3.03. The van der Waals surface area contributed by atoms with Gasteiger partial charge < -0.3 is 9.80 Å². The van der Waals surface area contributed by atoms with Gasteiger partial charge in [-0.3, -0.25) is 0 Å². The predicted octanol–water partition coefficient (Wildman–Crippen LogP) is 2.95. The fourth-order valence-corrected chi connectivity index (χ4v) is 2.07. The van der Waals surface area contributed by atoms with E-state index in [0.29, 0.717) is 0 Å². The van der Waals surface area contributed by atoms with E-state index < -0.39 is 0 Å². The average Bonchev–Trinajstić information content (AvgIpc) is 2.89. The van der Waals surface area contributed by atoms with Crippen LogP contribution in [0.5, 0.6) is 0 Å². The van der Waals surface area contributed by atoms with E-state index in [1.165, 1.54) is 5.13 Å². The molecule has 1 aromatic heterocycles. The summed E-state index contributed by atoms with van der Waals surface area (Å²) in [5.74, 6) is 0. The Kier molecular flexibility index (Phi) is 9.24. The van der Waals surface area contributed by atoms with Crippen LogP contribution in [0.1, 0.15) is 27.7 Å². The highest BCUT2D eigenvalue weighted by Crippen LogP contribution is 2.18. The molecule has 0 aliphatic carbocycles. The summed E-state index contributed by atoms with van der Waals surface area (Å²) in [4.78, 5) is 8.99. The van der Waals surface area contributed by atoms with Gasteiger partial charge in [-0.25, -0.2) is 4.98 Å². The monoisotopic (exact) mass is 243 g/mol. The molecule has 1 aliphatic rings. The van der Waals surface area contributed by atoms with Crippen molar-refractivity contribution in [3.05, 3.63) is 11.6 Å². The van der Waals surface area contributed by atoms with Crippen LogP contribution < -0.4 is 4.90 Å². The fourth-order valence-electron chi connectivity index (χ4n) is 1.37. The summed E-state index contributed by atoms with van der Waals surface area (Å²) in [6, 6.07) is 0. The number of hydrogen-bond acceptors (Lipinski definition) is 4. The van der Waals surface area contributed by atoms with Crippen molar-refractivity contribution in [1.82, 2.24) is 9.88 Å². The van der Waals surface area contributed by atoms with Gasteiger partial charge in [0.15, 0.2) is 5.13 Å². The van der Waals surface area contributed by atoms with Crippen molar-refractivity contribution in [2.24, 2.45) is 0 Å². The summed E-state index contributed by atoms with van der Waals surface area (Å²) < 4.78 is 0. The quantitative estimate of drug-likeness (QED) is 0.756. The maximum Gasteiger partial charge on any atom is 0.185 e. The molecule has 0 unspecified atom stereocenters. The lowest BCUT2D eigenvalue weighted by molar-refractivity contribution is 0.313. The molecule has 0 radical (unpaired) electrons. The van der Waals surface area contributed by atoms with Crippen molar-refractivity contribution in [2.45, 2.75) is 27.7 Å². The Labute approximate surface area is 104 Å². The zero-order valence-electron chi connectivity index (χ0n) is 11.2. The lowest BCUT2D eigenvalue weighted by atomic mass is 10.3. The second kappa shape index (κ2) is 9.60. The van der Waals surface area contributed by atoms with E-state index in [0.717, 1.165) is 26.2 Å². The molecule has 0 atom stereocenters. The maximum atomic E-state index is 4.29. The Morgan fingerprint density at radius 3 is 2.06 bits per heavy atom. The van der Waals surface area contributed by atoms with Gasteiger partial charge in [-0.05, 0) is 7.05 Å². The van der Waals surface area contributed by atoms with E-state index >= 15 is 0 Å². The van der Waals surface area contributed by atoms with Crippen LogP contribution in [0.25, 0.3) is 0 Å². The number of nitrogens with zero attached hydrogens (tertiary/aromatic N) is 3. The van der Waals surface area contributed by atoms with Gasteiger partial charge in [0.1, 0.15) is 0 Å². The molecular weight excluding hydrogens is 218 g/mol. The average molecular weight is 243 g/mol. The molecule has 1 aliphatic heterocycles. The first-order chi connectivity index (χ1) is 7.86. The second-order valence-corrected chi connectivity index (χ2v) is 3.98. The van der Waals surface area contributed by atoms with E-state index in [1.807, 2.05) is 39.3 Å². The van der Waals surface area contributed by atoms with E-state index in [1.54, 1.807) is 11.3 Å². The Bertz CT molecular complexity index is 228. The Morgan fingerprint density at radius 1 is 1.06 bits per heavy atom. The van der Waals surface area contributed by atoms with Crippen LogP contribution in [-0.4, -0.2) is 43.1 Å². The van der Waals surface area contributed by atoms with Gasteiger partial charge in [0.05, 0.1) is 0 Å². The van der Waals surface area contributed by atoms with Gasteiger partial charge in [-0.1, -0.05) is 27.7 Å². The van der Waals surface area contributed by atoms with Gasteiger partial charge in [-0.2, -0.15) is 0 Å². The highest BCUT2D eigenvalue weighted by Gasteiger charge is 2.15. The summed E-state index contributed by atoms with van der Waals surface area (Å²) in [6.45, 7) is 12.5. The Morgan fingerprint density at radius 2 is 1.62 bits per heavy atom. The molecular formula is C12H25N3S. The lowest BCUT2D eigenvalue weighted by Gasteiger charge is -2.31. The van der Waals surface area contributed by atoms with Crippen molar-refractivity contribution in [3.8, 4) is 0 Å². The molecule has 1 fully saturated rings. The number of hydrogen-bond donors (Lipinski definition) is 0. The molecule has 0 spiro atoms. The predicted molar refractivity (Wildman–Crippen MR) is 74.5 cm³/mol. The van der Waals surface area contributed by atoms with Crippen molar-refractivity contribution >= 4 is 16.5 Å². The smallest absolute Gasteiger partial charge is 0.185 e. The number of aromatic nitrogens is 1. The molecule has 16 heavy (non-hydrogen) atoms. The highest BCUT2D eigenvalue weighted by molar-refractivity contribution is 7.13. The van der Waals surface area contributed by atoms with Crippen LogP contribution in [0.15, 0.2) is 11.6 Å². The van der Waals surface area contributed by atoms with Crippen LogP contribution in [0, 0.1) is 0 Å². The summed E-state index contributed by atoms with van der Waals surface area (Å²) in [7, 11) is 2.17. The molecule has 1 aromatic rings. The van der Waals surface area contributed by atoms with E-state index in [4.69, 9.17) is 0 Å². The molecule has 0 amide bonds. The molecule has 2 heterocycles. The SMILES string of the molecule is CC.CC.CN1CCN(c2nccs2)CC1. The summed E-state index contributed by atoms with van der Waals surface area (Å²) in [5.41, 5.74) is 0. The van der Waals surface area contributed by atoms with Crippen LogP contribution in [-0.2, 0) is 0 Å². The molecule has 0 bridgehead atoms. The number of anilines is 1. The lowest BCUT2D eigenvalue weighted by Crippen LogP contribution is -2.44. The minimum atomic E-state index is 1.12. The normalized spacial score (nSPS) is 15.7. The molecule has 2 rings (SSSR count). The van der Waals surface area contributed by atoms with Gasteiger partial charge in [0, 0.05) is 37.8 Å². The van der Waals surface area contributed by atoms with Gasteiger partial charge in [0.2, 0.25) is 0 Å². The molecule has 3 nitrogen and oxygen atoms in total. The van der Waals surface area contributed by atoms with Gasteiger partial charge >= 0.3 is 0 Å². The highest BCUT2D eigenvalue weighted by atomic mass is 32.1. The van der Waals surface area contributed by atoms with Gasteiger partial charge in [-0.15, -0.1) is 11.3 Å². The fraction of sp³-hybridized carbons (Fsp3) is 0.750. The Balaban J connectivity index is 0.000000509. The maximum absolute atomic E-state index is 4.29. The number of thiazole rings is 1. The van der Waals surface area contributed by atoms with Crippen LogP contribution >= 0.6 is 11.3 Å². The zero-order valence-corrected chi connectivity index (χ0v) is 12.0. The largest absolute Gasteiger partial charge is 0.346 e. The van der Waals surface area contributed by atoms with E-state index in [9.17, 15) is 0 Å². The summed E-state index contributed by atoms with van der Waals surface area (Å²) >= 11 is 1.73. The van der Waals surface area contributed by atoms with Gasteiger partial charge in [0.25, 0.3) is 0 Å². The minimum Gasteiger partial charge on any atom is -0.346 e. The topological polar surface area (TPSA) is 19.4 Å². The van der Waals surface area contributed by atoms with E-state index in [2.05, 4.69) is 21.8 Å². The minimum absolute atomic E-state index is 1.12. The summed E-state index contributed by atoms with van der Waals surface area (Å²) in [5, 5.41) is 3.20. The standard InChI is InChI=1S/C8H13N3S.2C2H6/c1-10-3-5-11(6-4-10)8-9-2-7-12-8;2*1-2/h2,7H,3-6H2,1H3;2*1-2H3. The third-order valence-electron chi connectivity index (χ3n) is 2.19. The van der Waals surface area contributed by atoms with Crippen molar-refractivity contribution in [2.75, 3.05) is 38.1 Å². The Hall–Kier alpha value is -0.610. The first-order valence-electron chi connectivity index (χ1n) is 6.19. The molecule has 0 N–H and O–H groups in total. The third kappa shape index (κ3) is 4.94. The number of rotatable bonds is 1. The first-order valence-corrected chi connectivity index (χ1v) is 7.07. The van der Waals surface area contributed by atoms with Crippen molar-refractivity contribution in [1.29, 1.82) is 0 Å². The molecule has 94 valence electrons. The van der Waals surface area contributed by atoms with Crippen LogP contribution in [0.4, 0.5) is 5.13 Å². The molecule has 4 heteroatoms. The first kappa shape index (κ1) is 15.4. The van der Waals surface area contributed by atoms with Crippen molar-refractivity contribution in [3.63, 3.8) is 0 Å². The zero-order chi connectivity index (χ0) is 12.4. The summed E-state index contributed by atoms with van der Waals surface area (Å²) in [6.07, 6.45) is 1.87. The molecule has 0 aromatic carbocycles. The van der Waals surface area contributed by atoms with Crippen LogP contribution in [0.3, 0.4) is 0 Å². The number of piperazine rings is 1.